The molecule has 2 aromatic heterocycles. The number of rotatable bonds is 7. The summed E-state index contributed by atoms with van der Waals surface area (Å²) in [5.41, 5.74) is 5.50. The fraction of sp³-hybridized carbons (Fsp3) is 0.364. The Morgan fingerprint density at radius 2 is 1.97 bits per heavy atom. The SMILES string of the molecule is CC(=O)N(c1nc(COC(=O)CCn2nc(C)cc2C)cs1)c1cccc(C)c1C. The van der Waals surface area contributed by atoms with Gasteiger partial charge < -0.3 is 4.74 Å². The van der Waals surface area contributed by atoms with Crippen molar-refractivity contribution in [1.82, 2.24) is 14.8 Å². The minimum atomic E-state index is -0.310. The highest BCUT2D eigenvalue weighted by molar-refractivity contribution is 7.14. The molecule has 3 aromatic rings. The van der Waals surface area contributed by atoms with E-state index in [9.17, 15) is 9.59 Å². The summed E-state index contributed by atoms with van der Waals surface area (Å²) in [6.45, 7) is 9.94. The first-order valence-electron chi connectivity index (χ1n) is 9.74. The van der Waals surface area contributed by atoms with E-state index in [0.29, 0.717) is 17.4 Å². The second kappa shape index (κ2) is 9.21. The van der Waals surface area contributed by atoms with Gasteiger partial charge in [-0.05, 0) is 51.0 Å². The number of nitrogens with zero attached hydrogens (tertiary/aromatic N) is 4. The zero-order valence-corrected chi connectivity index (χ0v) is 18.7. The van der Waals surface area contributed by atoms with Crippen LogP contribution in [-0.2, 0) is 27.5 Å². The van der Waals surface area contributed by atoms with E-state index in [1.807, 2.05) is 57.3 Å². The molecule has 1 amide bonds. The van der Waals surface area contributed by atoms with Crippen molar-refractivity contribution >= 4 is 34.0 Å². The summed E-state index contributed by atoms with van der Waals surface area (Å²) in [5, 5.41) is 6.71. The summed E-state index contributed by atoms with van der Waals surface area (Å²) < 4.78 is 7.16. The van der Waals surface area contributed by atoms with E-state index in [1.165, 1.54) is 18.3 Å². The number of hydrogen-bond acceptors (Lipinski definition) is 6. The number of ether oxygens (including phenoxy) is 1. The Balaban J connectivity index is 1.63. The summed E-state index contributed by atoms with van der Waals surface area (Å²) in [5.74, 6) is -0.429. The summed E-state index contributed by atoms with van der Waals surface area (Å²) in [7, 11) is 0. The molecule has 8 heteroatoms. The molecule has 0 saturated heterocycles. The van der Waals surface area contributed by atoms with Gasteiger partial charge in [-0.3, -0.25) is 19.2 Å². The second-order valence-corrected chi connectivity index (χ2v) is 8.09. The number of carbonyl (C=O) groups is 2. The topological polar surface area (TPSA) is 77.3 Å². The van der Waals surface area contributed by atoms with E-state index < -0.39 is 0 Å². The van der Waals surface area contributed by atoms with Gasteiger partial charge in [0.1, 0.15) is 6.61 Å². The Bertz CT molecular complexity index is 1070. The number of anilines is 2. The second-order valence-electron chi connectivity index (χ2n) is 7.26. The average Bonchev–Trinajstić information content (AvgIpc) is 3.27. The fourth-order valence-electron chi connectivity index (χ4n) is 3.18. The Kier molecular flexibility index (Phi) is 6.66. The smallest absolute Gasteiger partial charge is 0.308 e. The zero-order chi connectivity index (χ0) is 21.8. The maximum absolute atomic E-state index is 12.3. The lowest BCUT2D eigenvalue weighted by atomic mass is 10.1. The lowest BCUT2D eigenvalue weighted by Crippen LogP contribution is -2.23. The van der Waals surface area contributed by atoms with Crippen LogP contribution in [-0.4, -0.2) is 26.6 Å². The van der Waals surface area contributed by atoms with Crippen LogP contribution in [0.2, 0.25) is 0 Å². The highest BCUT2D eigenvalue weighted by Gasteiger charge is 2.20. The van der Waals surface area contributed by atoms with Crippen molar-refractivity contribution in [2.75, 3.05) is 4.90 Å². The van der Waals surface area contributed by atoms with E-state index in [0.717, 1.165) is 28.2 Å². The first-order chi connectivity index (χ1) is 14.3. The number of thiazole rings is 1. The lowest BCUT2D eigenvalue weighted by molar-refractivity contribution is -0.145. The predicted octanol–water partition coefficient (Wildman–Crippen LogP) is 4.39. The summed E-state index contributed by atoms with van der Waals surface area (Å²) in [4.78, 5) is 30.6. The van der Waals surface area contributed by atoms with Gasteiger partial charge in [0.2, 0.25) is 5.91 Å². The number of aryl methyl sites for hydroxylation is 4. The normalized spacial score (nSPS) is 10.8. The Labute approximate surface area is 180 Å². The fourth-order valence-corrected chi connectivity index (χ4v) is 4.04. The molecule has 0 spiro atoms. The molecule has 0 aliphatic rings. The number of amides is 1. The number of aromatic nitrogens is 3. The van der Waals surface area contributed by atoms with Crippen LogP contribution in [0.1, 0.15) is 41.6 Å². The van der Waals surface area contributed by atoms with Crippen molar-refractivity contribution in [1.29, 1.82) is 0 Å². The molecule has 0 N–H and O–H groups in total. The zero-order valence-electron chi connectivity index (χ0n) is 17.9. The molecule has 158 valence electrons. The molecular formula is C22H26N4O3S. The van der Waals surface area contributed by atoms with Crippen molar-refractivity contribution in [2.24, 2.45) is 0 Å². The van der Waals surface area contributed by atoms with E-state index >= 15 is 0 Å². The molecule has 30 heavy (non-hydrogen) atoms. The van der Waals surface area contributed by atoms with Gasteiger partial charge in [0.05, 0.1) is 30.0 Å². The number of esters is 1. The molecule has 0 radical (unpaired) electrons. The highest BCUT2D eigenvalue weighted by Crippen LogP contribution is 2.32. The molecule has 0 atom stereocenters. The highest BCUT2D eigenvalue weighted by atomic mass is 32.1. The van der Waals surface area contributed by atoms with Crippen molar-refractivity contribution in [3.05, 3.63) is 57.9 Å². The molecule has 0 unspecified atom stereocenters. The largest absolute Gasteiger partial charge is 0.459 e. The number of hydrogen-bond donors (Lipinski definition) is 0. The molecule has 2 heterocycles. The van der Waals surface area contributed by atoms with E-state index in [2.05, 4.69) is 10.1 Å². The van der Waals surface area contributed by atoms with Crippen molar-refractivity contribution in [3.8, 4) is 0 Å². The molecule has 0 fully saturated rings. The molecule has 0 saturated carbocycles. The van der Waals surface area contributed by atoms with Gasteiger partial charge in [-0.2, -0.15) is 5.10 Å². The minimum Gasteiger partial charge on any atom is -0.459 e. The van der Waals surface area contributed by atoms with Gasteiger partial charge in [0.25, 0.3) is 0 Å². The average molecular weight is 427 g/mol. The quantitative estimate of drug-likeness (QED) is 0.524. The maximum atomic E-state index is 12.3. The molecule has 7 nitrogen and oxygen atoms in total. The molecule has 3 rings (SSSR count). The van der Waals surface area contributed by atoms with Gasteiger partial charge in [-0.15, -0.1) is 11.3 Å². The third kappa shape index (κ3) is 4.94. The van der Waals surface area contributed by atoms with Crippen LogP contribution in [0.4, 0.5) is 10.8 Å². The molecular weight excluding hydrogens is 400 g/mol. The van der Waals surface area contributed by atoms with Crippen LogP contribution >= 0.6 is 11.3 Å². The van der Waals surface area contributed by atoms with Gasteiger partial charge in [0.15, 0.2) is 5.13 Å². The molecule has 1 aromatic carbocycles. The van der Waals surface area contributed by atoms with Gasteiger partial charge in [-0.25, -0.2) is 4.98 Å². The summed E-state index contributed by atoms with van der Waals surface area (Å²) in [6.07, 6.45) is 0.237. The van der Waals surface area contributed by atoms with Crippen molar-refractivity contribution in [2.45, 2.75) is 54.2 Å². The number of carbonyl (C=O) groups excluding carboxylic acids is 2. The Hall–Kier alpha value is -3.00. The third-order valence-electron chi connectivity index (χ3n) is 4.87. The first kappa shape index (κ1) is 21.7. The van der Waals surface area contributed by atoms with E-state index in [4.69, 9.17) is 4.74 Å². The van der Waals surface area contributed by atoms with Crippen LogP contribution in [0.3, 0.4) is 0 Å². The monoisotopic (exact) mass is 426 g/mol. The lowest BCUT2D eigenvalue weighted by Gasteiger charge is -2.21. The van der Waals surface area contributed by atoms with Crippen LogP contribution in [0, 0.1) is 27.7 Å². The number of benzene rings is 1. The van der Waals surface area contributed by atoms with Crippen LogP contribution in [0.25, 0.3) is 0 Å². The van der Waals surface area contributed by atoms with Gasteiger partial charge in [0, 0.05) is 18.0 Å². The Morgan fingerprint density at radius 3 is 2.63 bits per heavy atom. The Morgan fingerprint density at radius 1 is 1.20 bits per heavy atom. The van der Waals surface area contributed by atoms with Crippen LogP contribution < -0.4 is 4.90 Å². The minimum absolute atomic E-state index is 0.0744. The third-order valence-corrected chi connectivity index (χ3v) is 5.75. The van der Waals surface area contributed by atoms with Crippen molar-refractivity contribution < 1.29 is 14.3 Å². The standard InChI is InChI=1S/C22H26N4O3S/c1-14-7-6-8-20(17(14)4)26(18(5)27)22-23-19(13-30-22)12-29-21(28)9-10-25-16(3)11-15(2)24-25/h6-8,11,13H,9-10,12H2,1-5H3. The molecule has 0 aliphatic heterocycles. The van der Waals surface area contributed by atoms with Gasteiger partial charge >= 0.3 is 5.97 Å². The maximum Gasteiger partial charge on any atom is 0.308 e. The molecule has 0 aliphatic carbocycles. The van der Waals surface area contributed by atoms with Crippen LogP contribution in [0.15, 0.2) is 29.6 Å². The first-order valence-corrected chi connectivity index (χ1v) is 10.6. The summed E-state index contributed by atoms with van der Waals surface area (Å²) >= 11 is 1.35. The van der Waals surface area contributed by atoms with Crippen LogP contribution in [0.5, 0.6) is 0 Å². The summed E-state index contributed by atoms with van der Waals surface area (Å²) in [6, 6.07) is 7.81. The predicted molar refractivity (Wildman–Crippen MR) is 117 cm³/mol. The van der Waals surface area contributed by atoms with Gasteiger partial charge in [-0.1, -0.05) is 12.1 Å². The van der Waals surface area contributed by atoms with E-state index in [-0.39, 0.29) is 24.9 Å². The van der Waals surface area contributed by atoms with E-state index in [1.54, 1.807) is 9.58 Å². The van der Waals surface area contributed by atoms with Crippen molar-refractivity contribution in [3.63, 3.8) is 0 Å². The molecule has 0 bridgehead atoms.